The van der Waals surface area contributed by atoms with Gasteiger partial charge in [-0.1, -0.05) is 0 Å². The Labute approximate surface area is 180 Å². The van der Waals surface area contributed by atoms with Crippen LogP contribution in [0.5, 0.6) is 0 Å². The van der Waals surface area contributed by atoms with Gasteiger partial charge in [0.25, 0.3) is 5.91 Å². The molecule has 1 saturated heterocycles. The van der Waals surface area contributed by atoms with E-state index in [2.05, 4.69) is 40.0 Å². The SMILES string of the molecule is CN(C)C1CCC(Nc2nc(NC3CC3)n3ncc(/C=C4\CC(=O)NC4=O)c3n2)CC1. The first-order valence-electron chi connectivity index (χ1n) is 11.0. The van der Waals surface area contributed by atoms with Gasteiger partial charge in [-0.25, -0.2) is 0 Å². The van der Waals surface area contributed by atoms with Gasteiger partial charge in [-0.2, -0.15) is 19.6 Å². The summed E-state index contributed by atoms with van der Waals surface area (Å²) in [6.45, 7) is 0. The molecule has 2 amide bonds. The first kappa shape index (κ1) is 19.9. The third kappa shape index (κ3) is 4.25. The molecule has 1 aliphatic heterocycles. The van der Waals surface area contributed by atoms with Crippen molar-refractivity contribution in [2.75, 3.05) is 24.7 Å². The van der Waals surface area contributed by atoms with Crippen molar-refractivity contribution in [2.24, 2.45) is 0 Å². The minimum absolute atomic E-state index is 0.0780. The van der Waals surface area contributed by atoms with E-state index in [4.69, 9.17) is 9.97 Å². The van der Waals surface area contributed by atoms with Crippen molar-refractivity contribution in [1.29, 1.82) is 0 Å². The molecule has 0 aromatic carbocycles. The van der Waals surface area contributed by atoms with Crippen LogP contribution >= 0.6 is 0 Å². The van der Waals surface area contributed by atoms with Gasteiger partial charge < -0.3 is 15.5 Å². The average molecular weight is 425 g/mol. The van der Waals surface area contributed by atoms with Gasteiger partial charge in [0.05, 0.1) is 12.6 Å². The fourth-order valence-corrected chi connectivity index (χ4v) is 4.29. The minimum atomic E-state index is -0.356. The van der Waals surface area contributed by atoms with Crippen molar-refractivity contribution in [1.82, 2.24) is 29.8 Å². The summed E-state index contributed by atoms with van der Waals surface area (Å²) in [5.74, 6) is 0.574. The third-order valence-corrected chi connectivity index (χ3v) is 6.29. The molecule has 0 bridgehead atoms. The van der Waals surface area contributed by atoms with Gasteiger partial charge in [-0.05, 0) is 58.7 Å². The van der Waals surface area contributed by atoms with Crippen molar-refractivity contribution < 1.29 is 9.59 Å². The van der Waals surface area contributed by atoms with Crippen molar-refractivity contribution >= 4 is 35.4 Å². The van der Waals surface area contributed by atoms with Crippen LogP contribution in [0.25, 0.3) is 11.7 Å². The summed E-state index contributed by atoms with van der Waals surface area (Å²) in [5, 5.41) is 13.7. The summed E-state index contributed by atoms with van der Waals surface area (Å²) in [7, 11) is 4.28. The fourth-order valence-electron chi connectivity index (χ4n) is 4.29. The molecule has 0 spiro atoms. The van der Waals surface area contributed by atoms with Gasteiger partial charge in [0.1, 0.15) is 0 Å². The molecule has 2 aromatic rings. The number of hydrogen-bond acceptors (Lipinski definition) is 8. The predicted octanol–water partition coefficient (Wildman–Crippen LogP) is 1.41. The quantitative estimate of drug-likeness (QED) is 0.471. The van der Waals surface area contributed by atoms with Crippen LogP contribution in [0.4, 0.5) is 11.9 Å². The summed E-state index contributed by atoms with van der Waals surface area (Å²) < 4.78 is 1.67. The molecule has 2 saturated carbocycles. The Morgan fingerprint density at radius 2 is 1.77 bits per heavy atom. The highest BCUT2D eigenvalue weighted by Gasteiger charge is 2.27. The Hall–Kier alpha value is -3.01. The molecule has 3 fully saturated rings. The Morgan fingerprint density at radius 3 is 2.42 bits per heavy atom. The first-order valence-corrected chi connectivity index (χ1v) is 11.0. The van der Waals surface area contributed by atoms with Crippen molar-refractivity contribution in [2.45, 2.75) is 63.1 Å². The number of imide groups is 1. The summed E-state index contributed by atoms with van der Waals surface area (Å²) in [6.07, 6.45) is 10.1. The average Bonchev–Trinajstić information content (AvgIpc) is 3.37. The molecule has 2 aromatic heterocycles. The van der Waals surface area contributed by atoms with E-state index in [0.717, 1.165) is 38.5 Å². The Bertz CT molecular complexity index is 1050. The molecule has 10 nitrogen and oxygen atoms in total. The molecule has 164 valence electrons. The largest absolute Gasteiger partial charge is 0.351 e. The lowest BCUT2D eigenvalue weighted by Crippen LogP contribution is -2.36. The standard InChI is InChI=1S/C21H28N8O2/c1-28(2)16-7-5-14(6-8-16)23-20-26-18-13(9-12-10-17(30)25-19(12)31)11-22-29(18)21(27-20)24-15-3-4-15/h9,11,14-16H,3-8,10H2,1-2H3,(H,25,30,31)(H2,23,24,26,27)/b12-9+. The summed E-state index contributed by atoms with van der Waals surface area (Å²) in [5.41, 5.74) is 1.73. The number of hydrogen-bond donors (Lipinski definition) is 3. The molecular formula is C21H28N8O2. The number of anilines is 2. The van der Waals surface area contributed by atoms with Crippen LogP contribution in [0.2, 0.25) is 0 Å². The molecule has 3 heterocycles. The highest BCUT2D eigenvalue weighted by atomic mass is 16.2. The number of carbonyl (C=O) groups is 2. The second kappa shape index (κ2) is 7.92. The Morgan fingerprint density at radius 1 is 1.06 bits per heavy atom. The Kier molecular flexibility index (Phi) is 5.09. The molecule has 10 heteroatoms. The third-order valence-electron chi connectivity index (χ3n) is 6.29. The molecule has 3 N–H and O–H groups in total. The smallest absolute Gasteiger partial charge is 0.254 e. The zero-order valence-electron chi connectivity index (χ0n) is 17.9. The van der Waals surface area contributed by atoms with E-state index < -0.39 is 0 Å². The van der Waals surface area contributed by atoms with Crippen molar-refractivity contribution in [3.05, 3.63) is 17.3 Å². The second-order valence-corrected chi connectivity index (χ2v) is 8.96. The van der Waals surface area contributed by atoms with Gasteiger partial charge in [-0.3, -0.25) is 14.9 Å². The van der Waals surface area contributed by atoms with Crippen LogP contribution in [0, 0.1) is 0 Å². The number of fused-ring (bicyclic) bond motifs is 1. The van der Waals surface area contributed by atoms with Crippen molar-refractivity contribution in [3.63, 3.8) is 0 Å². The molecule has 3 aliphatic rings. The van der Waals surface area contributed by atoms with Gasteiger partial charge >= 0.3 is 0 Å². The highest BCUT2D eigenvalue weighted by molar-refractivity contribution is 6.15. The molecule has 0 radical (unpaired) electrons. The number of aromatic nitrogens is 4. The molecule has 2 aliphatic carbocycles. The van der Waals surface area contributed by atoms with E-state index in [0.29, 0.717) is 46.8 Å². The molecule has 31 heavy (non-hydrogen) atoms. The highest BCUT2D eigenvalue weighted by Crippen LogP contribution is 2.28. The predicted molar refractivity (Wildman–Crippen MR) is 117 cm³/mol. The zero-order chi connectivity index (χ0) is 21.5. The lowest BCUT2D eigenvalue weighted by atomic mass is 9.91. The maximum atomic E-state index is 12.0. The number of nitrogens with zero attached hydrogens (tertiary/aromatic N) is 5. The Balaban J connectivity index is 1.44. The number of nitrogens with one attached hydrogen (secondary N) is 3. The van der Waals surface area contributed by atoms with Crippen LogP contribution in [-0.4, -0.2) is 68.5 Å². The minimum Gasteiger partial charge on any atom is -0.351 e. The monoisotopic (exact) mass is 424 g/mol. The van der Waals surface area contributed by atoms with Crippen LogP contribution in [0.3, 0.4) is 0 Å². The van der Waals surface area contributed by atoms with Gasteiger partial charge in [0.2, 0.25) is 17.8 Å². The summed E-state index contributed by atoms with van der Waals surface area (Å²) in [6, 6.07) is 1.36. The molecule has 5 rings (SSSR count). The maximum absolute atomic E-state index is 12.0. The fraction of sp³-hybridized carbons (Fsp3) is 0.571. The maximum Gasteiger partial charge on any atom is 0.254 e. The lowest BCUT2D eigenvalue weighted by Gasteiger charge is -2.33. The van der Waals surface area contributed by atoms with Gasteiger partial charge in [0, 0.05) is 29.3 Å². The van der Waals surface area contributed by atoms with E-state index in [1.54, 1.807) is 16.8 Å². The van der Waals surface area contributed by atoms with E-state index in [9.17, 15) is 9.59 Å². The summed E-state index contributed by atoms with van der Waals surface area (Å²) >= 11 is 0. The summed E-state index contributed by atoms with van der Waals surface area (Å²) in [4.78, 5) is 35.2. The number of carbonyl (C=O) groups excluding carboxylic acids is 2. The van der Waals surface area contributed by atoms with E-state index >= 15 is 0 Å². The van der Waals surface area contributed by atoms with Crippen LogP contribution in [-0.2, 0) is 9.59 Å². The zero-order valence-corrected chi connectivity index (χ0v) is 17.9. The first-order chi connectivity index (χ1) is 15.0. The van der Waals surface area contributed by atoms with Crippen molar-refractivity contribution in [3.8, 4) is 0 Å². The van der Waals surface area contributed by atoms with Crippen LogP contribution in [0.1, 0.15) is 50.5 Å². The van der Waals surface area contributed by atoms with E-state index in [1.165, 1.54) is 0 Å². The lowest BCUT2D eigenvalue weighted by molar-refractivity contribution is -0.124. The number of rotatable bonds is 6. The topological polar surface area (TPSA) is 117 Å². The van der Waals surface area contributed by atoms with E-state index in [-0.39, 0.29) is 18.2 Å². The normalized spacial score (nSPS) is 25.5. The molecule has 0 atom stereocenters. The second-order valence-electron chi connectivity index (χ2n) is 8.96. The van der Waals surface area contributed by atoms with Crippen LogP contribution < -0.4 is 16.0 Å². The molecule has 0 unspecified atom stereocenters. The molecular weight excluding hydrogens is 396 g/mol. The number of amides is 2. The van der Waals surface area contributed by atoms with Gasteiger partial charge in [-0.15, -0.1) is 0 Å². The van der Waals surface area contributed by atoms with E-state index in [1.807, 2.05) is 0 Å². The van der Waals surface area contributed by atoms with Crippen LogP contribution in [0.15, 0.2) is 11.8 Å². The van der Waals surface area contributed by atoms with Gasteiger partial charge in [0.15, 0.2) is 5.65 Å².